The number of fused-ring (bicyclic) bond motifs is 1. The van der Waals surface area contributed by atoms with Crippen LogP contribution in [0.5, 0.6) is 0 Å². The molecule has 162 valence electrons. The van der Waals surface area contributed by atoms with Gasteiger partial charge in [-0.1, -0.05) is 0 Å². The van der Waals surface area contributed by atoms with E-state index in [2.05, 4.69) is 14.8 Å². The third-order valence-corrected chi connectivity index (χ3v) is 7.01. The van der Waals surface area contributed by atoms with Crippen molar-refractivity contribution >= 4 is 21.2 Å². The van der Waals surface area contributed by atoms with Crippen LogP contribution in [0.4, 0.5) is 24.5 Å². The van der Waals surface area contributed by atoms with E-state index in [-0.39, 0.29) is 11.6 Å². The first-order chi connectivity index (χ1) is 14.1. The van der Waals surface area contributed by atoms with Gasteiger partial charge in [-0.2, -0.15) is 13.2 Å². The molecule has 1 atom stereocenters. The Kier molecular flexibility index (Phi) is 4.95. The van der Waals surface area contributed by atoms with Gasteiger partial charge in [-0.3, -0.25) is 10.1 Å². The fourth-order valence-corrected chi connectivity index (χ4v) is 4.88. The zero-order valence-corrected chi connectivity index (χ0v) is 16.5. The maximum absolute atomic E-state index is 12.8. The second-order valence-electron chi connectivity index (χ2n) is 7.37. The van der Waals surface area contributed by atoms with Crippen molar-refractivity contribution < 1.29 is 26.5 Å². The van der Waals surface area contributed by atoms with Gasteiger partial charge in [0.1, 0.15) is 17.3 Å². The molecule has 9 nitrogen and oxygen atoms in total. The van der Waals surface area contributed by atoms with E-state index in [1.54, 1.807) is 4.90 Å². The zero-order chi connectivity index (χ0) is 21.7. The molecule has 2 aliphatic rings. The summed E-state index contributed by atoms with van der Waals surface area (Å²) < 4.78 is 63.9. The number of anilines is 1. The minimum absolute atomic E-state index is 0.0312. The zero-order valence-electron chi connectivity index (χ0n) is 15.7. The van der Waals surface area contributed by atoms with Crippen LogP contribution in [0.3, 0.4) is 0 Å². The van der Waals surface area contributed by atoms with Gasteiger partial charge < -0.3 is 9.47 Å². The number of nitro benzene ring substituents is 1. The van der Waals surface area contributed by atoms with Gasteiger partial charge >= 0.3 is 5.51 Å². The molecule has 1 saturated heterocycles. The van der Waals surface area contributed by atoms with Crippen LogP contribution in [0.15, 0.2) is 23.1 Å². The van der Waals surface area contributed by atoms with Crippen molar-refractivity contribution in [1.82, 2.24) is 14.8 Å². The summed E-state index contributed by atoms with van der Waals surface area (Å²) in [6, 6.07) is 2.33. The number of rotatable bonds is 4. The average Bonchev–Trinajstić information content (AvgIpc) is 3.30. The molecule has 0 N–H and O–H groups in total. The molecule has 1 aromatic heterocycles. The van der Waals surface area contributed by atoms with E-state index in [4.69, 9.17) is 0 Å². The van der Waals surface area contributed by atoms with Gasteiger partial charge in [-0.25, -0.2) is 8.42 Å². The van der Waals surface area contributed by atoms with Crippen LogP contribution in [0.1, 0.15) is 36.8 Å². The van der Waals surface area contributed by atoms with Crippen LogP contribution in [0.2, 0.25) is 0 Å². The number of alkyl halides is 3. The highest BCUT2D eigenvalue weighted by Crippen LogP contribution is 2.38. The lowest BCUT2D eigenvalue weighted by Gasteiger charge is -2.33. The summed E-state index contributed by atoms with van der Waals surface area (Å²) in [4.78, 5) is 11.2. The average molecular weight is 445 g/mol. The Hall–Kier alpha value is -2.70. The van der Waals surface area contributed by atoms with Gasteiger partial charge in [0.2, 0.25) is 0 Å². The van der Waals surface area contributed by atoms with E-state index in [9.17, 15) is 31.7 Å². The number of nitrogens with zero attached hydrogens (tertiary/aromatic N) is 5. The lowest BCUT2D eigenvalue weighted by atomic mass is 9.96. The molecular weight excluding hydrogens is 427 g/mol. The predicted molar refractivity (Wildman–Crippen MR) is 98.9 cm³/mol. The molecule has 1 aromatic carbocycles. The Morgan fingerprint density at radius 3 is 2.63 bits per heavy atom. The van der Waals surface area contributed by atoms with Crippen molar-refractivity contribution in [2.45, 2.75) is 48.5 Å². The fourth-order valence-electron chi connectivity index (χ4n) is 4.10. The number of nitro groups is 1. The molecular formula is C17H18F3N5O4S. The van der Waals surface area contributed by atoms with Crippen LogP contribution in [0, 0.1) is 10.1 Å². The molecule has 0 saturated carbocycles. The molecule has 3 heterocycles. The summed E-state index contributed by atoms with van der Waals surface area (Å²) in [5.74, 6) is 1.69. The van der Waals surface area contributed by atoms with Gasteiger partial charge in [0.25, 0.3) is 15.5 Å². The molecule has 0 bridgehead atoms. The second kappa shape index (κ2) is 7.22. The third-order valence-electron chi connectivity index (χ3n) is 5.52. The van der Waals surface area contributed by atoms with Gasteiger partial charge in [-0.15, -0.1) is 10.2 Å². The number of piperidine rings is 1. The molecule has 0 radical (unpaired) electrons. The monoisotopic (exact) mass is 445 g/mol. The third kappa shape index (κ3) is 3.40. The first-order valence-corrected chi connectivity index (χ1v) is 10.8. The minimum Gasteiger partial charge on any atom is -0.365 e. The number of halogens is 3. The van der Waals surface area contributed by atoms with Crippen molar-refractivity contribution in [2.24, 2.45) is 0 Å². The van der Waals surface area contributed by atoms with Crippen LogP contribution in [-0.4, -0.2) is 46.7 Å². The van der Waals surface area contributed by atoms with Crippen LogP contribution >= 0.6 is 0 Å². The van der Waals surface area contributed by atoms with Crippen molar-refractivity contribution in [3.05, 3.63) is 40.0 Å². The summed E-state index contributed by atoms with van der Waals surface area (Å²) >= 11 is 0. The van der Waals surface area contributed by atoms with Crippen LogP contribution < -0.4 is 4.90 Å². The molecule has 4 rings (SSSR count). The molecule has 1 fully saturated rings. The Balaban J connectivity index is 1.67. The van der Waals surface area contributed by atoms with E-state index in [1.165, 1.54) is 0 Å². The lowest BCUT2D eigenvalue weighted by Crippen LogP contribution is -2.36. The Morgan fingerprint density at radius 1 is 1.17 bits per heavy atom. The fraction of sp³-hybridized carbons (Fsp3) is 0.529. The maximum atomic E-state index is 12.8. The molecule has 13 heteroatoms. The van der Waals surface area contributed by atoms with Gasteiger partial charge in [0, 0.05) is 38.0 Å². The largest absolute Gasteiger partial charge is 0.501 e. The summed E-state index contributed by atoms with van der Waals surface area (Å²) in [6.07, 6.45) is 3.34. The Morgan fingerprint density at radius 2 is 1.93 bits per heavy atom. The summed E-state index contributed by atoms with van der Waals surface area (Å²) in [5.41, 5.74) is -6.12. The van der Waals surface area contributed by atoms with Crippen LogP contribution in [0.25, 0.3) is 0 Å². The molecule has 1 unspecified atom stereocenters. The minimum atomic E-state index is -5.68. The van der Waals surface area contributed by atoms with Crippen molar-refractivity contribution in [2.75, 3.05) is 18.0 Å². The molecule has 2 aromatic rings. The summed E-state index contributed by atoms with van der Waals surface area (Å²) in [6.45, 7) is 1.66. The van der Waals surface area contributed by atoms with Gasteiger partial charge in [0.15, 0.2) is 0 Å². The molecule has 2 aliphatic heterocycles. The van der Waals surface area contributed by atoms with Crippen molar-refractivity contribution in [1.29, 1.82) is 0 Å². The van der Waals surface area contributed by atoms with E-state index < -0.39 is 30.9 Å². The van der Waals surface area contributed by atoms with Crippen LogP contribution in [-0.2, 0) is 22.8 Å². The highest BCUT2D eigenvalue weighted by molar-refractivity contribution is 7.92. The van der Waals surface area contributed by atoms with E-state index >= 15 is 0 Å². The highest BCUT2D eigenvalue weighted by Gasteiger charge is 2.47. The topological polar surface area (TPSA) is 111 Å². The molecule has 0 amide bonds. The van der Waals surface area contributed by atoms with Gasteiger partial charge in [0.05, 0.1) is 9.82 Å². The number of benzene rings is 1. The second-order valence-corrected chi connectivity index (χ2v) is 9.31. The number of aromatic nitrogens is 3. The summed E-state index contributed by atoms with van der Waals surface area (Å²) in [5, 5.41) is 20.0. The van der Waals surface area contributed by atoms with E-state index in [0.717, 1.165) is 49.6 Å². The number of hydrogen-bond acceptors (Lipinski definition) is 7. The van der Waals surface area contributed by atoms with Gasteiger partial charge in [-0.05, 0) is 31.4 Å². The SMILES string of the molecule is O=[N+]([O-])c1cc(S(=O)(=O)C(F)(F)F)ccc1N1CCCC(c2nnc3n2CCC3)C1. The first-order valence-electron chi connectivity index (χ1n) is 9.36. The Bertz CT molecular complexity index is 1100. The molecule has 0 aliphatic carbocycles. The maximum Gasteiger partial charge on any atom is 0.501 e. The lowest BCUT2D eigenvalue weighted by molar-refractivity contribution is -0.384. The normalized spacial score (nSPS) is 19.7. The number of hydrogen-bond donors (Lipinski definition) is 0. The highest BCUT2D eigenvalue weighted by atomic mass is 32.2. The smallest absolute Gasteiger partial charge is 0.365 e. The number of aryl methyl sites for hydroxylation is 1. The van der Waals surface area contributed by atoms with E-state index in [0.29, 0.717) is 25.6 Å². The van der Waals surface area contributed by atoms with Crippen molar-refractivity contribution in [3.8, 4) is 0 Å². The number of sulfone groups is 1. The molecule has 30 heavy (non-hydrogen) atoms. The quantitative estimate of drug-likeness (QED) is 0.526. The van der Waals surface area contributed by atoms with Crippen molar-refractivity contribution in [3.63, 3.8) is 0 Å². The van der Waals surface area contributed by atoms with E-state index in [1.807, 2.05) is 0 Å². The molecule has 0 spiro atoms. The first kappa shape index (κ1) is 20.6. The Labute approximate surface area is 169 Å². The summed E-state index contributed by atoms with van der Waals surface area (Å²) in [7, 11) is -5.68. The standard InChI is InChI=1S/C17H18F3N5O4S/c18-17(19,20)30(28,29)12-5-6-13(14(9-12)25(26)27)23-7-1-3-11(10-23)16-22-21-15-4-2-8-24(15)16/h5-6,9,11H,1-4,7-8,10H2. The predicted octanol–water partition coefficient (Wildman–Crippen LogP) is 2.81.